The molecule has 0 radical (unpaired) electrons. The summed E-state index contributed by atoms with van der Waals surface area (Å²) in [5, 5.41) is 12.1. The highest BCUT2D eigenvalue weighted by Gasteiger charge is 2.24. The molecule has 1 fully saturated rings. The van der Waals surface area contributed by atoms with Gasteiger partial charge in [0.2, 0.25) is 20.0 Å². The van der Waals surface area contributed by atoms with E-state index in [0.717, 1.165) is 32.0 Å². The number of carbonyl (C=O) groups is 1. The number of sulfonamides is 2. The molecule has 1 aromatic carbocycles. The van der Waals surface area contributed by atoms with E-state index in [1.165, 1.54) is 12.4 Å². The first-order valence-electron chi connectivity index (χ1n) is 8.24. The van der Waals surface area contributed by atoms with Crippen LogP contribution in [0.4, 0.5) is 11.5 Å². The van der Waals surface area contributed by atoms with Gasteiger partial charge in [-0.25, -0.2) is 37.1 Å². The van der Waals surface area contributed by atoms with Crippen molar-refractivity contribution in [2.45, 2.75) is 22.6 Å². The maximum Gasteiger partial charge on any atom is 0.274 e. The number of primary sulfonamides is 2. The average Bonchev–Trinajstić information content (AvgIpc) is 3.14. The Bertz CT molecular complexity index is 1180. The van der Waals surface area contributed by atoms with Crippen LogP contribution in [0.2, 0.25) is 5.02 Å². The van der Waals surface area contributed by atoms with Crippen molar-refractivity contribution in [1.82, 2.24) is 9.97 Å². The van der Waals surface area contributed by atoms with Gasteiger partial charge in [-0.2, -0.15) is 0 Å². The standard InChI is InChI=1S/C15H17ClN6O5S2/c16-9-5-10(13(29(18,26)27)7-12(9)28(17,24)25)21-15(23)11-6-14(20-8-19-11)22-3-1-2-4-22/h5-8H,1-4H2,(H,21,23)(H2,17,24,25)(H2,18,26,27). The summed E-state index contributed by atoms with van der Waals surface area (Å²) >= 11 is 5.90. The number of hydrogen-bond donors (Lipinski definition) is 3. The number of rotatable bonds is 5. The smallest absolute Gasteiger partial charge is 0.274 e. The second-order valence-corrected chi connectivity index (χ2v) is 9.75. The number of nitrogens with zero attached hydrogens (tertiary/aromatic N) is 3. The van der Waals surface area contributed by atoms with Crippen LogP contribution in [0.15, 0.2) is 34.3 Å². The molecule has 5 N–H and O–H groups in total. The number of anilines is 2. The van der Waals surface area contributed by atoms with Crippen molar-refractivity contribution in [3.63, 3.8) is 0 Å². The lowest BCUT2D eigenvalue weighted by Gasteiger charge is -2.16. The normalized spacial score (nSPS) is 14.8. The minimum atomic E-state index is -4.42. The maximum atomic E-state index is 12.6. The molecule has 1 aromatic heterocycles. The van der Waals surface area contributed by atoms with Gasteiger partial charge in [-0.15, -0.1) is 0 Å². The molecule has 14 heteroatoms. The Labute approximate surface area is 172 Å². The van der Waals surface area contributed by atoms with E-state index in [9.17, 15) is 21.6 Å². The lowest BCUT2D eigenvalue weighted by Crippen LogP contribution is -2.22. The van der Waals surface area contributed by atoms with Crippen LogP contribution >= 0.6 is 11.6 Å². The zero-order chi connectivity index (χ0) is 21.4. The lowest BCUT2D eigenvalue weighted by molar-refractivity contribution is 0.102. The van der Waals surface area contributed by atoms with Crippen LogP contribution in [0.25, 0.3) is 0 Å². The van der Waals surface area contributed by atoms with E-state index in [0.29, 0.717) is 11.9 Å². The van der Waals surface area contributed by atoms with E-state index in [1.54, 1.807) is 0 Å². The molecule has 1 aliphatic heterocycles. The molecule has 2 aromatic rings. The summed E-state index contributed by atoms with van der Waals surface area (Å²) in [7, 11) is -8.74. The van der Waals surface area contributed by atoms with Crippen molar-refractivity contribution < 1.29 is 21.6 Å². The van der Waals surface area contributed by atoms with Gasteiger partial charge in [0.1, 0.15) is 27.6 Å². The minimum absolute atomic E-state index is 0.0195. The van der Waals surface area contributed by atoms with Crippen molar-refractivity contribution in [3.05, 3.63) is 35.2 Å². The van der Waals surface area contributed by atoms with E-state index >= 15 is 0 Å². The van der Waals surface area contributed by atoms with Gasteiger partial charge in [0.15, 0.2) is 0 Å². The fourth-order valence-corrected chi connectivity index (χ4v) is 4.73. The van der Waals surface area contributed by atoms with Crippen molar-refractivity contribution in [3.8, 4) is 0 Å². The number of aromatic nitrogens is 2. The zero-order valence-electron chi connectivity index (χ0n) is 14.9. The Morgan fingerprint density at radius 2 is 1.62 bits per heavy atom. The molecule has 0 unspecified atom stereocenters. The molecule has 1 aliphatic rings. The molecule has 1 amide bonds. The highest BCUT2D eigenvalue weighted by atomic mass is 35.5. The molecule has 2 heterocycles. The van der Waals surface area contributed by atoms with Gasteiger partial charge in [-0.3, -0.25) is 4.79 Å². The first kappa shape index (κ1) is 21.4. The fraction of sp³-hybridized carbons (Fsp3) is 0.267. The first-order valence-corrected chi connectivity index (χ1v) is 11.7. The first-order chi connectivity index (χ1) is 13.5. The van der Waals surface area contributed by atoms with E-state index in [-0.39, 0.29) is 16.4 Å². The molecule has 156 valence electrons. The van der Waals surface area contributed by atoms with Crippen molar-refractivity contribution >= 4 is 49.1 Å². The highest BCUT2D eigenvalue weighted by molar-refractivity contribution is 7.90. The molecular weight excluding hydrogens is 444 g/mol. The average molecular weight is 461 g/mol. The summed E-state index contributed by atoms with van der Waals surface area (Å²) in [5.74, 6) is -0.186. The van der Waals surface area contributed by atoms with E-state index in [1.807, 2.05) is 4.90 Å². The molecule has 0 bridgehead atoms. The summed E-state index contributed by atoms with van der Waals surface area (Å²) < 4.78 is 47.0. The molecule has 11 nitrogen and oxygen atoms in total. The van der Waals surface area contributed by atoms with Crippen LogP contribution in [0.1, 0.15) is 23.3 Å². The SMILES string of the molecule is NS(=O)(=O)c1cc(S(N)(=O)=O)c(NC(=O)c2cc(N3CCCC3)ncn2)cc1Cl. The van der Waals surface area contributed by atoms with Crippen molar-refractivity contribution in [1.29, 1.82) is 0 Å². The van der Waals surface area contributed by atoms with E-state index < -0.39 is 35.7 Å². The maximum absolute atomic E-state index is 12.6. The lowest BCUT2D eigenvalue weighted by atomic mass is 10.3. The quantitative estimate of drug-likeness (QED) is 0.568. The highest BCUT2D eigenvalue weighted by Crippen LogP contribution is 2.31. The van der Waals surface area contributed by atoms with Crippen molar-refractivity contribution in [2.75, 3.05) is 23.3 Å². The van der Waals surface area contributed by atoms with E-state index in [2.05, 4.69) is 15.3 Å². The molecule has 0 saturated carbocycles. The van der Waals surface area contributed by atoms with Gasteiger partial charge in [0.25, 0.3) is 5.91 Å². The van der Waals surface area contributed by atoms with Crippen LogP contribution in [0.3, 0.4) is 0 Å². The number of nitrogens with one attached hydrogen (secondary N) is 1. The largest absolute Gasteiger partial charge is 0.357 e. The summed E-state index contributed by atoms with van der Waals surface area (Å²) in [4.78, 5) is 21.3. The Hall–Kier alpha value is -2.32. The predicted octanol–water partition coefficient (Wildman–Crippen LogP) is 0.277. The van der Waals surface area contributed by atoms with Crippen LogP contribution in [0.5, 0.6) is 0 Å². The number of amides is 1. The summed E-state index contributed by atoms with van der Waals surface area (Å²) in [5.41, 5.74) is -0.329. The second-order valence-electron chi connectivity index (χ2n) is 6.28. The van der Waals surface area contributed by atoms with Gasteiger partial charge in [0.05, 0.1) is 10.7 Å². The summed E-state index contributed by atoms with van der Waals surface area (Å²) in [6.45, 7) is 1.61. The second kappa shape index (κ2) is 7.84. The number of benzene rings is 1. The van der Waals surface area contributed by atoms with Crippen LogP contribution in [-0.4, -0.2) is 45.8 Å². The number of carbonyl (C=O) groups excluding carboxylic acids is 1. The van der Waals surface area contributed by atoms with Crippen LogP contribution in [-0.2, 0) is 20.0 Å². The Balaban J connectivity index is 1.98. The summed E-state index contributed by atoms with van der Waals surface area (Å²) in [6, 6.07) is 3.11. The van der Waals surface area contributed by atoms with Crippen LogP contribution in [0, 0.1) is 0 Å². The predicted molar refractivity (Wildman–Crippen MR) is 106 cm³/mol. The van der Waals surface area contributed by atoms with Gasteiger partial charge in [-0.05, 0) is 25.0 Å². The van der Waals surface area contributed by atoms with Crippen LogP contribution < -0.4 is 20.5 Å². The molecule has 0 spiro atoms. The van der Waals surface area contributed by atoms with Gasteiger partial charge in [-0.1, -0.05) is 11.6 Å². The number of nitrogens with two attached hydrogens (primary N) is 2. The van der Waals surface area contributed by atoms with E-state index in [4.69, 9.17) is 21.9 Å². The molecule has 0 aliphatic carbocycles. The van der Waals surface area contributed by atoms with Gasteiger partial charge >= 0.3 is 0 Å². The third kappa shape index (κ3) is 4.82. The monoisotopic (exact) mass is 460 g/mol. The topological polar surface area (TPSA) is 178 Å². The zero-order valence-corrected chi connectivity index (χ0v) is 17.3. The molecule has 0 atom stereocenters. The molecule has 1 saturated heterocycles. The number of hydrogen-bond acceptors (Lipinski definition) is 8. The third-order valence-electron chi connectivity index (χ3n) is 4.21. The summed E-state index contributed by atoms with van der Waals surface area (Å²) in [6.07, 6.45) is 3.25. The molecule has 3 rings (SSSR count). The van der Waals surface area contributed by atoms with Crippen molar-refractivity contribution in [2.24, 2.45) is 10.3 Å². The van der Waals surface area contributed by atoms with Gasteiger partial charge in [0, 0.05) is 19.2 Å². The third-order valence-corrected chi connectivity index (χ3v) is 6.54. The fourth-order valence-electron chi connectivity index (χ4n) is 2.86. The minimum Gasteiger partial charge on any atom is -0.357 e. The molecular formula is C15H17ClN6O5S2. The van der Waals surface area contributed by atoms with Gasteiger partial charge < -0.3 is 10.2 Å². The number of halogens is 1. The molecule has 29 heavy (non-hydrogen) atoms. The Morgan fingerprint density at radius 1 is 1.00 bits per heavy atom. The Kier molecular flexibility index (Phi) is 5.78. The Morgan fingerprint density at radius 3 is 2.21 bits per heavy atom.